The van der Waals surface area contributed by atoms with Crippen LogP contribution in [0.1, 0.15) is 18.2 Å². The fourth-order valence-corrected chi connectivity index (χ4v) is 5.53. The van der Waals surface area contributed by atoms with E-state index >= 15 is 0 Å². The van der Waals surface area contributed by atoms with Crippen molar-refractivity contribution in [3.05, 3.63) is 53.9 Å². The van der Waals surface area contributed by atoms with E-state index in [1.54, 1.807) is 6.20 Å². The highest BCUT2D eigenvalue weighted by molar-refractivity contribution is 5.95. The second kappa shape index (κ2) is 10.3. The first-order chi connectivity index (χ1) is 17.4. The molecule has 0 unspecified atom stereocenters. The summed E-state index contributed by atoms with van der Waals surface area (Å²) in [6.07, 6.45) is 1.78. The van der Waals surface area contributed by atoms with Gasteiger partial charge in [0.1, 0.15) is 11.9 Å². The Hall–Kier alpha value is -3.45. The Balaban J connectivity index is 1.31. The number of nitriles is 1. The summed E-state index contributed by atoms with van der Waals surface area (Å²) in [7, 11) is 0. The van der Waals surface area contributed by atoms with Crippen molar-refractivity contribution in [1.82, 2.24) is 14.9 Å². The monoisotopic (exact) mass is 487 g/mol. The summed E-state index contributed by atoms with van der Waals surface area (Å²) < 4.78 is 6.36. The first kappa shape index (κ1) is 24.3. The molecule has 9 heteroatoms. The van der Waals surface area contributed by atoms with Crippen molar-refractivity contribution >= 4 is 28.1 Å². The van der Waals surface area contributed by atoms with E-state index < -0.39 is 0 Å². The number of nitrogens with two attached hydrogens (primary N) is 1. The van der Waals surface area contributed by atoms with E-state index in [1.165, 1.54) is 0 Å². The van der Waals surface area contributed by atoms with Crippen molar-refractivity contribution in [2.24, 2.45) is 0 Å². The van der Waals surface area contributed by atoms with E-state index in [0.717, 1.165) is 67.2 Å². The molecule has 0 saturated carbocycles. The summed E-state index contributed by atoms with van der Waals surface area (Å²) in [5, 5.41) is 20.7. The van der Waals surface area contributed by atoms with Crippen molar-refractivity contribution in [2.45, 2.75) is 32.1 Å². The molecule has 0 amide bonds. The summed E-state index contributed by atoms with van der Waals surface area (Å²) in [6, 6.07) is 14.0. The molecule has 2 saturated heterocycles. The molecule has 0 spiro atoms. The van der Waals surface area contributed by atoms with Crippen LogP contribution in [0.2, 0.25) is 0 Å². The van der Waals surface area contributed by atoms with Crippen LogP contribution in [0.25, 0.3) is 10.9 Å². The van der Waals surface area contributed by atoms with E-state index in [9.17, 15) is 10.4 Å². The van der Waals surface area contributed by atoms with Crippen molar-refractivity contribution in [3.8, 4) is 6.07 Å². The van der Waals surface area contributed by atoms with Crippen molar-refractivity contribution in [2.75, 3.05) is 61.4 Å². The third-order valence-corrected chi connectivity index (χ3v) is 7.11. The number of aliphatic hydroxyl groups is 1. The maximum absolute atomic E-state index is 10.2. The number of fused-ring (bicyclic) bond motifs is 1. The average Bonchev–Trinajstić information content (AvgIpc) is 2.87. The Labute approximate surface area is 211 Å². The van der Waals surface area contributed by atoms with Crippen LogP contribution in [-0.4, -0.2) is 84.1 Å². The molecule has 2 aromatic heterocycles. The second-order valence-corrected chi connectivity index (χ2v) is 9.79. The number of nitrogen functional groups attached to an aromatic ring is 1. The fraction of sp³-hybridized carbons (Fsp3) is 0.444. The molecule has 3 atom stereocenters. The number of morpholine rings is 1. The molecule has 36 heavy (non-hydrogen) atoms. The molecule has 0 aliphatic carbocycles. The number of piperazine rings is 1. The van der Waals surface area contributed by atoms with E-state index in [4.69, 9.17) is 10.5 Å². The zero-order chi connectivity index (χ0) is 25.2. The number of anilines is 3. The summed E-state index contributed by atoms with van der Waals surface area (Å²) in [5.74, 6) is 0.517. The molecule has 188 valence electrons. The first-order valence-corrected chi connectivity index (χ1v) is 12.5. The number of rotatable bonds is 5. The predicted molar refractivity (Wildman–Crippen MR) is 141 cm³/mol. The van der Waals surface area contributed by atoms with Crippen molar-refractivity contribution < 1.29 is 9.84 Å². The standard InChI is InChI=1S/C27H33N7O2/c1-18-10-21(11-26(29)31-18)32-8-9-33(22(14-32)17-35)15-23-16-34(13-19(2)36-23)25-6-5-20(12-28)27-24(25)4-3-7-30-27/h3-7,10-11,19,22-23,35H,8-9,13-17H2,1-2H3,(H2,29,31)/t19-,22-,23+/m1/s1. The molecule has 2 fully saturated rings. The Morgan fingerprint density at radius 2 is 2.03 bits per heavy atom. The number of hydrogen-bond acceptors (Lipinski definition) is 9. The third kappa shape index (κ3) is 4.93. The minimum Gasteiger partial charge on any atom is -0.395 e. The van der Waals surface area contributed by atoms with Gasteiger partial charge in [0, 0.05) is 74.0 Å². The van der Waals surface area contributed by atoms with E-state index in [2.05, 4.69) is 37.7 Å². The molecule has 4 heterocycles. The van der Waals surface area contributed by atoms with Crippen LogP contribution in [0.4, 0.5) is 17.2 Å². The van der Waals surface area contributed by atoms with Crippen LogP contribution in [-0.2, 0) is 4.74 Å². The van der Waals surface area contributed by atoms with Crippen LogP contribution >= 0.6 is 0 Å². The molecule has 9 nitrogen and oxygen atoms in total. The van der Waals surface area contributed by atoms with Crippen LogP contribution in [0.15, 0.2) is 42.6 Å². The number of nitrogens with zero attached hydrogens (tertiary/aromatic N) is 6. The molecule has 5 rings (SSSR count). The Kier molecular flexibility index (Phi) is 6.92. The lowest BCUT2D eigenvalue weighted by molar-refractivity contribution is -0.0429. The molecule has 2 aliphatic rings. The minimum absolute atomic E-state index is 0.00247. The van der Waals surface area contributed by atoms with E-state index in [-0.39, 0.29) is 24.9 Å². The zero-order valence-electron chi connectivity index (χ0n) is 20.8. The van der Waals surface area contributed by atoms with Gasteiger partial charge in [-0.15, -0.1) is 0 Å². The van der Waals surface area contributed by atoms with Crippen LogP contribution in [0.5, 0.6) is 0 Å². The molecular formula is C27H33N7O2. The third-order valence-electron chi connectivity index (χ3n) is 7.11. The Bertz CT molecular complexity index is 1260. The summed E-state index contributed by atoms with van der Waals surface area (Å²) in [6.45, 7) is 8.75. The van der Waals surface area contributed by atoms with E-state index in [0.29, 0.717) is 11.4 Å². The number of hydrogen-bond donors (Lipinski definition) is 2. The molecule has 2 aliphatic heterocycles. The van der Waals surface area contributed by atoms with Gasteiger partial charge in [-0.3, -0.25) is 9.88 Å². The topological polar surface area (TPSA) is 115 Å². The van der Waals surface area contributed by atoms with Gasteiger partial charge >= 0.3 is 0 Å². The van der Waals surface area contributed by atoms with E-state index in [1.807, 2.05) is 43.3 Å². The number of aliphatic hydroxyl groups excluding tert-OH is 1. The fourth-order valence-electron chi connectivity index (χ4n) is 5.53. The molecule has 1 aromatic carbocycles. The van der Waals surface area contributed by atoms with Crippen LogP contribution < -0.4 is 15.5 Å². The maximum atomic E-state index is 10.2. The second-order valence-electron chi connectivity index (χ2n) is 9.79. The van der Waals surface area contributed by atoms with Gasteiger partial charge in [-0.05, 0) is 44.2 Å². The van der Waals surface area contributed by atoms with Gasteiger partial charge in [0.15, 0.2) is 0 Å². The van der Waals surface area contributed by atoms with Crippen molar-refractivity contribution in [3.63, 3.8) is 0 Å². The largest absolute Gasteiger partial charge is 0.395 e. The molecular weight excluding hydrogens is 454 g/mol. The highest BCUT2D eigenvalue weighted by Crippen LogP contribution is 2.31. The molecule has 3 aromatic rings. The van der Waals surface area contributed by atoms with Gasteiger partial charge in [0.05, 0.1) is 35.9 Å². The quantitative estimate of drug-likeness (QED) is 0.559. The van der Waals surface area contributed by atoms with Gasteiger partial charge in [-0.1, -0.05) is 0 Å². The number of ether oxygens (including phenoxy) is 1. The maximum Gasteiger partial charge on any atom is 0.125 e. The van der Waals surface area contributed by atoms with Gasteiger partial charge < -0.3 is 25.4 Å². The first-order valence-electron chi connectivity index (χ1n) is 12.5. The average molecular weight is 488 g/mol. The van der Waals surface area contributed by atoms with Crippen molar-refractivity contribution in [1.29, 1.82) is 5.26 Å². The lowest BCUT2D eigenvalue weighted by atomic mass is 10.1. The summed E-state index contributed by atoms with van der Waals surface area (Å²) in [4.78, 5) is 15.7. The smallest absolute Gasteiger partial charge is 0.125 e. The van der Waals surface area contributed by atoms with Gasteiger partial charge in [-0.25, -0.2) is 4.98 Å². The minimum atomic E-state index is -0.00414. The van der Waals surface area contributed by atoms with Gasteiger partial charge in [0.2, 0.25) is 0 Å². The Morgan fingerprint density at radius 3 is 2.81 bits per heavy atom. The highest BCUT2D eigenvalue weighted by atomic mass is 16.5. The predicted octanol–water partition coefficient (Wildman–Crippen LogP) is 2.17. The van der Waals surface area contributed by atoms with Crippen LogP contribution in [0, 0.1) is 18.3 Å². The number of aromatic nitrogens is 2. The number of benzene rings is 1. The zero-order valence-corrected chi connectivity index (χ0v) is 20.8. The van der Waals surface area contributed by atoms with Crippen LogP contribution in [0.3, 0.4) is 0 Å². The van der Waals surface area contributed by atoms with Gasteiger partial charge in [-0.2, -0.15) is 5.26 Å². The number of aryl methyl sites for hydroxylation is 1. The van der Waals surface area contributed by atoms with Gasteiger partial charge in [0.25, 0.3) is 0 Å². The highest BCUT2D eigenvalue weighted by Gasteiger charge is 2.33. The Morgan fingerprint density at radius 1 is 1.17 bits per heavy atom. The number of pyridine rings is 2. The lowest BCUT2D eigenvalue weighted by Gasteiger charge is -2.45. The SMILES string of the molecule is Cc1cc(N2CCN(C[C@H]3CN(c4ccc(C#N)c5ncccc45)C[C@@H](C)O3)[C@@H](CO)C2)cc(N)n1. The molecule has 0 bridgehead atoms. The molecule has 3 N–H and O–H groups in total. The summed E-state index contributed by atoms with van der Waals surface area (Å²) in [5.41, 5.74) is 10.3. The lowest BCUT2D eigenvalue weighted by Crippen LogP contribution is -2.59. The summed E-state index contributed by atoms with van der Waals surface area (Å²) >= 11 is 0. The normalized spacial score (nSPS) is 23.1. The molecule has 0 radical (unpaired) electrons.